The van der Waals surface area contributed by atoms with E-state index in [0.717, 1.165) is 36.5 Å². The summed E-state index contributed by atoms with van der Waals surface area (Å²) in [4.78, 5) is 6.05. The largest absolute Gasteiger partial charge is 0.492 e. The van der Waals surface area contributed by atoms with E-state index in [1.54, 1.807) is 6.92 Å². The lowest BCUT2D eigenvalue weighted by molar-refractivity contribution is -0.141. The molecular formula is C17H19F3N2OS. The topological polar surface area (TPSA) is 25.4 Å². The predicted octanol–water partition coefficient (Wildman–Crippen LogP) is 4.51. The number of alkyl halides is 3. The van der Waals surface area contributed by atoms with Crippen LogP contribution in [-0.4, -0.2) is 29.1 Å². The molecule has 2 heterocycles. The van der Waals surface area contributed by atoms with E-state index >= 15 is 0 Å². The van der Waals surface area contributed by atoms with Crippen LogP contribution in [0.5, 0.6) is 5.75 Å². The van der Waals surface area contributed by atoms with Crippen LogP contribution in [0.25, 0.3) is 0 Å². The number of halogens is 3. The van der Waals surface area contributed by atoms with Crippen LogP contribution < -0.4 is 4.74 Å². The number of ether oxygens (including phenoxy) is 1. The summed E-state index contributed by atoms with van der Waals surface area (Å²) in [5.41, 5.74) is -0.736. The van der Waals surface area contributed by atoms with Gasteiger partial charge in [0.05, 0.1) is 9.88 Å². The molecule has 1 fully saturated rings. The van der Waals surface area contributed by atoms with E-state index in [4.69, 9.17) is 4.74 Å². The third kappa shape index (κ3) is 4.08. The minimum absolute atomic E-state index is 0.133. The second-order valence-electron chi connectivity index (χ2n) is 5.89. The first-order valence-electron chi connectivity index (χ1n) is 7.89. The van der Waals surface area contributed by atoms with E-state index in [9.17, 15) is 13.2 Å². The Balaban J connectivity index is 1.66. The fraction of sp³-hybridized carbons (Fsp3) is 0.471. The van der Waals surface area contributed by atoms with Crippen LogP contribution in [0, 0.1) is 6.92 Å². The minimum atomic E-state index is -4.39. The highest BCUT2D eigenvalue weighted by Crippen LogP contribution is 2.35. The highest BCUT2D eigenvalue weighted by Gasteiger charge is 2.38. The fourth-order valence-corrected chi connectivity index (χ4v) is 3.97. The van der Waals surface area contributed by atoms with Crippen molar-refractivity contribution in [2.24, 2.45) is 0 Å². The molecule has 1 aromatic heterocycles. The second kappa shape index (κ2) is 7.11. The molecule has 0 saturated carbocycles. The molecule has 1 aliphatic rings. The lowest BCUT2D eigenvalue weighted by Crippen LogP contribution is -2.34. The van der Waals surface area contributed by atoms with Crippen LogP contribution in [0.3, 0.4) is 0 Å². The molecule has 7 heteroatoms. The van der Waals surface area contributed by atoms with E-state index in [1.165, 1.54) is 0 Å². The number of hydrogen-bond acceptors (Lipinski definition) is 4. The van der Waals surface area contributed by atoms with Crippen molar-refractivity contribution in [1.82, 2.24) is 9.88 Å². The predicted molar refractivity (Wildman–Crippen MR) is 87.2 cm³/mol. The van der Waals surface area contributed by atoms with Crippen LogP contribution in [-0.2, 0) is 12.7 Å². The maximum atomic E-state index is 13.1. The molecule has 3 nitrogen and oxygen atoms in total. The Hall–Kier alpha value is -1.60. The molecule has 1 atom stereocenters. The third-order valence-corrected chi connectivity index (χ3v) is 5.06. The number of thiazole rings is 1. The second-order valence-corrected chi connectivity index (χ2v) is 7.18. The molecule has 0 aliphatic carbocycles. The van der Waals surface area contributed by atoms with Gasteiger partial charge in [0.15, 0.2) is 5.69 Å². The molecular weight excluding hydrogens is 337 g/mol. The van der Waals surface area contributed by atoms with Gasteiger partial charge in [0.2, 0.25) is 0 Å². The van der Waals surface area contributed by atoms with Gasteiger partial charge in [0.1, 0.15) is 12.4 Å². The Morgan fingerprint density at radius 2 is 2.04 bits per heavy atom. The average Bonchev–Trinajstić information content (AvgIpc) is 3.13. The maximum absolute atomic E-state index is 13.1. The standard InChI is InChI=1S/C17H19F3N2OS/c1-12-21-16(17(18,19)20)15(24-12)10-22-9-5-6-13(22)11-23-14-7-3-2-4-8-14/h2-4,7-8,13H,5-6,9-11H2,1H3/t13-/m1/s1. The van der Waals surface area contributed by atoms with Crippen molar-refractivity contribution in [2.45, 2.75) is 38.5 Å². The van der Waals surface area contributed by atoms with Crippen molar-refractivity contribution in [3.63, 3.8) is 0 Å². The van der Waals surface area contributed by atoms with Crippen molar-refractivity contribution in [3.8, 4) is 5.75 Å². The van der Waals surface area contributed by atoms with E-state index in [1.807, 2.05) is 30.3 Å². The summed E-state index contributed by atoms with van der Waals surface area (Å²) in [5, 5.41) is 0.452. The van der Waals surface area contributed by atoms with Crippen molar-refractivity contribution in [2.75, 3.05) is 13.2 Å². The maximum Gasteiger partial charge on any atom is 0.434 e. The normalized spacial score (nSPS) is 18.9. The summed E-state index contributed by atoms with van der Waals surface area (Å²) in [6.07, 6.45) is -2.48. The fourth-order valence-electron chi connectivity index (χ4n) is 2.98. The van der Waals surface area contributed by atoms with E-state index in [0.29, 0.717) is 16.5 Å². The Bertz CT molecular complexity index is 672. The monoisotopic (exact) mass is 356 g/mol. The molecule has 0 amide bonds. The highest BCUT2D eigenvalue weighted by atomic mass is 32.1. The third-order valence-electron chi connectivity index (χ3n) is 4.10. The Morgan fingerprint density at radius 3 is 2.75 bits per heavy atom. The molecule has 0 spiro atoms. The molecule has 1 aromatic carbocycles. The average molecular weight is 356 g/mol. The number of aryl methyl sites for hydroxylation is 1. The molecule has 1 aliphatic heterocycles. The van der Waals surface area contributed by atoms with Crippen LogP contribution in [0.15, 0.2) is 30.3 Å². The quantitative estimate of drug-likeness (QED) is 0.788. The summed E-state index contributed by atoms with van der Waals surface area (Å²) >= 11 is 1.13. The first kappa shape index (κ1) is 17.2. The number of nitrogens with zero attached hydrogens (tertiary/aromatic N) is 2. The first-order valence-corrected chi connectivity index (χ1v) is 8.70. The van der Waals surface area contributed by atoms with Gasteiger partial charge in [0, 0.05) is 12.6 Å². The molecule has 24 heavy (non-hydrogen) atoms. The Kier molecular flexibility index (Phi) is 5.10. The number of rotatable bonds is 5. The van der Waals surface area contributed by atoms with Crippen LogP contribution >= 0.6 is 11.3 Å². The lowest BCUT2D eigenvalue weighted by Gasteiger charge is -2.24. The van der Waals surface area contributed by atoms with Gasteiger partial charge in [0.25, 0.3) is 0 Å². The van der Waals surface area contributed by atoms with Gasteiger partial charge in [-0.2, -0.15) is 13.2 Å². The molecule has 3 rings (SSSR count). The minimum Gasteiger partial charge on any atom is -0.492 e. The zero-order valence-corrected chi connectivity index (χ0v) is 14.2. The number of aromatic nitrogens is 1. The zero-order valence-electron chi connectivity index (χ0n) is 13.3. The zero-order chi connectivity index (χ0) is 17.2. The van der Waals surface area contributed by atoms with Crippen molar-refractivity contribution in [3.05, 3.63) is 45.9 Å². The summed E-state index contributed by atoms with van der Waals surface area (Å²) < 4.78 is 45.1. The van der Waals surface area contributed by atoms with Gasteiger partial charge in [-0.1, -0.05) is 18.2 Å². The van der Waals surface area contributed by atoms with E-state index < -0.39 is 11.9 Å². The number of para-hydroxylation sites is 1. The molecule has 1 saturated heterocycles. The van der Waals surface area contributed by atoms with Gasteiger partial charge in [-0.05, 0) is 38.4 Å². The SMILES string of the molecule is Cc1nc(C(F)(F)F)c(CN2CCC[C@@H]2COc2ccccc2)s1. The van der Waals surface area contributed by atoms with Crippen LogP contribution in [0.4, 0.5) is 13.2 Å². The van der Waals surface area contributed by atoms with Crippen molar-refractivity contribution >= 4 is 11.3 Å². The van der Waals surface area contributed by atoms with Crippen LogP contribution in [0.1, 0.15) is 28.4 Å². The number of hydrogen-bond donors (Lipinski definition) is 0. The van der Waals surface area contributed by atoms with Gasteiger partial charge < -0.3 is 4.74 Å². The van der Waals surface area contributed by atoms with Gasteiger partial charge in [-0.3, -0.25) is 4.90 Å². The lowest BCUT2D eigenvalue weighted by atomic mass is 10.2. The molecule has 130 valence electrons. The number of benzene rings is 1. The Morgan fingerprint density at radius 1 is 1.29 bits per heavy atom. The summed E-state index contributed by atoms with van der Waals surface area (Å²) in [6, 6.07) is 9.61. The van der Waals surface area contributed by atoms with E-state index in [2.05, 4.69) is 9.88 Å². The molecule has 0 bridgehead atoms. The van der Waals surface area contributed by atoms with Crippen molar-refractivity contribution < 1.29 is 17.9 Å². The molecule has 0 N–H and O–H groups in total. The molecule has 0 unspecified atom stereocenters. The van der Waals surface area contributed by atoms with E-state index in [-0.39, 0.29) is 12.6 Å². The molecule has 0 radical (unpaired) electrons. The van der Waals surface area contributed by atoms with Crippen LogP contribution in [0.2, 0.25) is 0 Å². The van der Waals surface area contributed by atoms with Gasteiger partial charge >= 0.3 is 6.18 Å². The van der Waals surface area contributed by atoms with Crippen molar-refractivity contribution in [1.29, 1.82) is 0 Å². The summed E-state index contributed by atoms with van der Waals surface area (Å²) in [5.74, 6) is 0.786. The van der Waals surface area contributed by atoms with Gasteiger partial charge in [-0.25, -0.2) is 4.98 Å². The smallest absolute Gasteiger partial charge is 0.434 e. The number of likely N-dealkylation sites (tertiary alicyclic amines) is 1. The molecule has 2 aromatic rings. The Labute approximate surface area is 143 Å². The first-order chi connectivity index (χ1) is 11.4. The highest BCUT2D eigenvalue weighted by molar-refractivity contribution is 7.11. The summed E-state index contributed by atoms with van der Waals surface area (Å²) in [6.45, 7) is 3.17. The van der Waals surface area contributed by atoms with Gasteiger partial charge in [-0.15, -0.1) is 11.3 Å². The summed E-state index contributed by atoms with van der Waals surface area (Å²) in [7, 11) is 0.